The first kappa shape index (κ1) is 22.0. The summed E-state index contributed by atoms with van der Waals surface area (Å²) < 4.78 is 10.1. The van der Waals surface area contributed by atoms with E-state index in [1.54, 1.807) is 33.0 Å². The van der Waals surface area contributed by atoms with Crippen molar-refractivity contribution < 1.29 is 19.1 Å². The summed E-state index contributed by atoms with van der Waals surface area (Å²) in [6, 6.07) is 0.198. The molecule has 2 amide bonds. The molecule has 0 unspecified atom stereocenters. The average Bonchev–Trinajstić information content (AvgIpc) is 2.63. The van der Waals surface area contributed by atoms with Crippen LogP contribution in [0.4, 0.5) is 4.79 Å². The summed E-state index contributed by atoms with van der Waals surface area (Å²) >= 11 is 0. The molecule has 0 radical (unpaired) electrons. The molecule has 0 atom stereocenters. The van der Waals surface area contributed by atoms with Gasteiger partial charge in [-0.15, -0.1) is 0 Å². The fourth-order valence-corrected chi connectivity index (χ4v) is 2.48. The molecule has 150 valence electrons. The van der Waals surface area contributed by atoms with Gasteiger partial charge in [-0.2, -0.15) is 0 Å². The van der Waals surface area contributed by atoms with Crippen molar-refractivity contribution in [3.05, 3.63) is 0 Å². The smallest absolute Gasteiger partial charge is 0.409 e. The largest absolute Gasteiger partial charge is 0.450 e. The molecule has 0 spiro atoms. The minimum atomic E-state index is -0.255. The fourth-order valence-electron chi connectivity index (χ4n) is 2.48. The number of hydrogen-bond acceptors (Lipinski definition) is 5. The molecular weight excluding hydrogens is 338 g/mol. The van der Waals surface area contributed by atoms with Gasteiger partial charge in [0.2, 0.25) is 5.91 Å². The average molecular weight is 371 g/mol. The Bertz CT molecular complexity index is 462. The number of rotatable bonds is 8. The van der Waals surface area contributed by atoms with Crippen molar-refractivity contribution in [2.75, 3.05) is 60.6 Å². The summed E-state index contributed by atoms with van der Waals surface area (Å²) in [5.41, 5.74) is 0. The summed E-state index contributed by atoms with van der Waals surface area (Å²) in [5.74, 6) is 0.561. The summed E-state index contributed by atoms with van der Waals surface area (Å²) in [7, 11) is 5.09. The van der Waals surface area contributed by atoms with Gasteiger partial charge >= 0.3 is 6.09 Å². The van der Waals surface area contributed by atoms with Crippen molar-refractivity contribution in [1.29, 1.82) is 0 Å². The highest BCUT2D eigenvalue weighted by molar-refractivity contribution is 5.85. The Morgan fingerprint density at radius 2 is 1.96 bits per heavy atom. The molecular formula is C17H33N5O4. The van der Waals surface area contributed by atoms with Crippen LogP contribution >= 0.6 is 0 Å². The second kappa shape index (κ2) is 12.3. The maximum Gasteiger partial charge on any atom is 0.409 e. The van der Waals surface area contributed by atoms with Gasteiger partial charge < -0.3 is 29.9 Å². The van der Waals surface area contributed by atoms with Gasteiger partial charge in [-0.05, 0) is 26.2 Å². The molecule has 0 aromatic carbocycles. The van der Waals surface area contributed by atoms with Crippen molar-refractivity contribution in [3.8, 4) is 0 Å². The van der Waals surface area contributed by atoms with Crippen LogP contribution in [-0.2, 0) is 14.3 Å². The third kappa shape index (κ3) is 8.37. The first-order chi connectivity index (χ1) is 12.5. The van der Waals surface area contributed by atoms with E-state index in [1.165, 1.54) is 4.90 Å². The normalized spacial score (nSPS) is 15.5. The number of amides is 2. The second-order valence-electron chi connectivity index (χ2n) is 6.33. The maximum atomic E-state index is 11.8. The van der Waals surface area contributed by atoms with E-state index in [9.17, 15) is 9.59 Å². The predicted molar refractivity (Wildman–Crippen MR) is 100 cm³/mol. The number of methoxy groups -OCH3 is 1. The number of piperidine rings is 1. The van der Waals surface area contributed by atoms with Crippen LogP contribution in [0, 0.1) is 0 Å². The number of likely N-dealkylation sites (tertiary alicyclic amines) is 1. The molecule has 1 fully saturated rings. The Morgan fingerprint density at radius 3 is 2.54 bits per heavy atom. The highest BCUT2D eigenvalue weighted by Crippen LogP contribution is 2.11. The number of nitrogens with zero attached hydrogens (tertiary/aromatic N) is 3. The summed E-state index contributed by atoms with van der Waals surface area (Å²) in [4.78, 5) is 31.2. The maximum absolute atomic E-state index is 11.8. The lowest BCUT2D eigenvalue weighted by molar-refractivity contribution is -0.127. The zero-order valence-electron chi connectivity index (χ0n) is 16.4. The Hall–Kier alpha value is -2.03. The van der Waals surface area contributed by atoms with Gasteiger partial charge in [0.25, 0.3) is 0 Å². The number of hydrogen-bond donors (Lipinski definition) is 2. The number of guanidine groups is 1. The molecule has 9 nitrogen and oxygen atoms in total. The Balaban J connectivity index is 2.52. The van der Waals surface area contributed by atoms with Gasteiger partial charge in [-0.25, -0.2) is 9.79 Å². The quantitative estimate of drug-likeness (QED) is 0.361. The van der Waals surface area contributed by atoms with Gasteiger partial charge in [0.1, 0.15) is 6.54 Å². The molecule has 9 heteroatoms. The lowest BCUT2D eigenvalue weighted by Crippen LogP contribution is -2.50. The number of carbonyl (C=O) groups excluding carboxylic acids is 2. The number of nitrogens with one attached hydrogen (secondary N) is 2. The Kier molecular flexibility index (Phi) is 10.5. The molecule has 0 aromatic heterocycles. The lowest BCUT2D eigenvalue weighted by atomic mass is 10.1. The minimum Gasteiger partial charge on any atom is -0.450 e. The molecule has 0 bridgehead atoms. The van der Waals surface area contributed by atoms with Crippen molar-refractivity contribution in [1.82, 2.24) is 20.4 Å². The van der Waals surface area contributed by atoms with E-state index < -0.39 is 0 Å². The summed E-state index contributed by atoms with van der Waals surface area (Å²) in [5, 5.41) is 6.60. The van der Waals surface area contributed by atoms with E-state index in [0.29, 0.717) is 38.8 Å². The van der Waals surface area contributed by atoms with Gasteiger partial charge in [-0.3, -0.25) is 4.79 Å². The molecule has 26 heavy (non-hydrogen) atoms. The number of carbonyl (C=O) groups is 2. The standard InChI is InChI=1S/C17H33N5O4/c1-5-26-17(24)22-10-7-14(8-11-22)20-16(18-9-6-12-25-4)19-13-15(23)21(2)3/h14H,5-13H2,1-4H3,(H2,18,19,20). The van der Waals surface area contributed by atoms with Crippen LogP contribution in [0.1, 0.15) is 26.2 Å². The van der Waals surface area contributed by atoms with Crippen molar-refractivity contribution in [2.45, 2.75) is 32.2 Å². The molecule has 1 aliphatic rings. The molecule has 0 aromatic rings. The third-order valence-electron chi connectivity index (χ3n) is 4.05. The van der Waals surface area contributed by atoms with E-state index in [2.05, 4.69) is 15.6 Å². The van der Waals surface area contributed by atoms with Crippen LogP contribution in [0.5, 0.6) is 0 Å². The first-order valence-electron chi connectivity index (χ1n) is 9.13. The van der Waals surface area contributed by atoms with Gasteiger partial charge in [0, 0.05) is 53.5 Å². The molecule has 1 rings (SSSR count). The molecule has 1 heterocycles. The number of ether oxygens (including phenoxy) is 2. The third-order valence-corrected chi connectivity index (χ3v) is 4.05. The first-order valence-corrected chi connectivity index (χ1v) is 9.13. The zero-order chi connectivity index (χ0) is 19.4. The Labute approximate surface area is 156 Å². The van der Waals surface area contributed by atoms with E-state index in [0.717, 1.165) is 19.3 Å². The zero-order valence-corrected chi connectivity index (χ0v) is 16.4. The number of likely N-dealkylation sites (N-methyl/N-ethyl adjacent to an activating group) is 1. The van der Waals surface area contributed by atoms with Crippen LogP contribution < -0.4 is 10.6 Å². The Morgan fingerprint density at radius 1 is 1.27 bits per heavy atom. The van der Waals surface area contributed by atoms with Crippen molar-refractivity contribution >= 4 is 18.0 Å². The van der Waals surface area contributed by atoms with Crippen LogP contribution in [0.15, 0.2) is 4.99 Å². The SMILES string of the molecule is CCOC(=O)N1CCC(NC(=NCC(=O)N(C)C)NCCCOC)CC1. The molecule has 0 saturated carbocycles. The molecule has 1 saturated heterocycles. The molecule has 2 N–H and O–H groups in total. The fraction of sp³-hybridized carbons (Fsp3) is 0.824. The topological polar surface area (TPSA) is 95.5 Å². The molecule has 0 aliphatic carbocycles. The number of aliphatic imine (C=N–C) groups is 1. The van der Waals surface area contributed by atoms with Gasteiger partial charge in [0.15, 0.2) is 5.96 Å². The van der Waals surface area contributed by atoms with Crippen molar-refractivity contribution in [2.24, 2.45) is 4.99 Å². The van der Waals surface area contributed by atoms with E-state index >= 15 is 0 Å². The summed E-state index contributed by atoms with van der Waals surface area (Å²) in [6.07, 6.45) is 2.20. The van der Waals surface area contributed by atoms with E-state index in [1.807, 2.05) is 0 Å². The molecule has 1 aliphatic heterocycles. The lowest BCUT2D eigenvalue weighted by Gasteiger charge is -2.32. The van der Waals surface area contributed by atoms with E-state index in [-0.39, 0.29) is 24.6 Å². The predicted octanol–water partition coefficient (Wildman–Crippen LogP) is 0.267. The van der Waals surface area contributed by atoms with Gasteiger partial charge in [-0.1, -0.05) is 0 Å². The van der Waals surface area contributed by atoms with Crippen LogP contribution in [0.3, 0.4) is 0 Å². The van der Waals surface area contributed by atoms with Crippen molar-refractivity contribution in [3.63, 3.8) is 0 Å². The monoisotopic (exact) mass is 371 g/mol. The summed E-state index contributed by atoms with van der Waals surface area (Å²) in [6.45, 7) is 4.94. The van der Waals surface area contributed by atoms with Crippen LogP contribution in [0.2, 0.25) is 0 Å². The van der Waals surface area contributed by atoms with Gasteiger partial charge in [0.05, 0.1) is 6.61 Å². The van der Waals surface area contributed by atoms with Crippen LogP contribution in [0.25, 0.3) is 0 Å². The highest BCUT2D eigenvalue weighted by atomic mass is 16.6. The minimum absolute atomic E-state index is 0.0554. The van der Waals surface area contributed by atoms with E-state index in [4.69, 9.17) is 9.47 Å². The van der Waals surface area contributed by atoms with Crippen LogP contribution in [-0.4, -0.2) is 94.4 Å². The highest BCUT2D eigenvalue weighted by Gasteiger charge is 2.24. The second-order valence-corrected chi connectivity index (χ2v) is 6.33.